The topological polar surface area (TPSA) is 71.8 Å². The Morgan fingerprint density at radius 3 is 2.15 bits per heavy atom. The maximum atomic E-state index is 12.7. The molecule has 33 heavy (non-hydrogen) atoms. The molecule has 2 unspecified atom stereocenters. The first-order chi connectivity index (χ1) is 15.8. The molecule has 0 N–H and O–H groups in total. The van der Waals surface area contributed by atoms with Gasteiger partial charge in [0.15, 0.2) is 0 Å². The van der Waals surface area contributed by atoms with Crippen molar-refractivity contribution in [3.8, 4) is 11.8 Å². The average molecular weight is 455 g/mol. The van der Waals surface area contributed by atoms with Gasteiger partial charge in [-0.2, -0.15) is 5.26 Å². The van der Waals surface area contributed by atoms with Gasteiger partial charge in [0.05, 0.1) is 24.4 Å². The predicted molar refractivity (Wildman–Crippen MR) is 126 cm³/mol. The molecule has 2 heterocycles. The molecule has 1 amide bonds. The van der Waals surface area contributed by atoms with Gasteiger partial charge >= 0.3 is 6.09 Å². The highest BCUT2D eigenvalue weighted by atomic mass is 16.6. The molecule has 2 aliphatic heterocycles. The molecule has 2 bridgehead atoms. The number of nitrogens with zero attached hydrogens (tertiary/aromatic N) is 2. The number of nitriles is 1. The van der Waals surface area contributed by atoms with E-state index in [0.717, 1.165) is 63.5 Å². The van der Waals surface area contributed by atoms with E-state index < -0.39 is 5.60 Å². The number of hydrogen-bond donors (Lipinski definition) is 0. The number of rotatable bonds is 6. The molecular weight excluding hydrogens is 416 g/mol. The highest BCUT2D eigenvalue weighted by Crippen LogP contribution is 2.39. The number of aryl methyl sites for hydroxylation is 1. The van der Waals surface area contributed by atoms with Crippen LogP contribution in [0.5, 0.6) is 5.75 Å². The summed E-state index contributed by atoms with van der Waals surface area (Å²) in [5.41, 5.74) is 0.719. The Kier molecular flexibility index (Phi) is 7.48. The summed E-state index contributed by atoms with van der Waals surface area (Å²) in [5.74, 6) is 0.908. The summed E-state index contributed by atoms with van der Waals surface area (Å²) in [6.07, 6.45) is 9.94. The van der Waals surface area contributed by atoms with Gasteiger partial charge in [-0.15, -0.1) is 0 Å². The lowest BCUT2D eigenvalue weighted by atomic mass is 9.93. The van der Waals surface area contributed by atoms with Crippen LogP contribution >= 0.6 is 0 Å². The Morgan fingerprint density at radius 2 is 1.58 bits per heavy atom. The van der Waals surface area contributed by atoms with Crippen molar-refractivity contribution in [1.29, 1.82) is 5.26 Å². The first-order valence-electron chi connectivity index (χ1n) is 12.6. The van der Waals surface area contributed by atoms with Crippen LogP contribution < -0.4 is 4.74 Å². The minimum atomic E-state index is -0.454. The van der Waals surface area contributed by atoms with Crippen molar-refractivity contribution in [2.24, 2.45) is 0 Å². The zero-order valence-electron chi connectivity index (χ0n) is 20.3. The van der Waals surface area contributed by atoms with Crippen LogP contribution in [0.25, 0.3) is 0 Å². The number of carbonyl (C=O) groups excluding carboxylic acids is 1. The molecule has 6 nitrogen and oxygen atoms in total. The molecule has 2 atom stereocenters. The molecule has 0 aromatic heterocycles. The summed E-state index contributed by atoms with van der Waals surface area (Å²) in [4.78, 5) is 14.6. The minimum Gasteiger partial charge on any atom is -0.490 e. The summed E-state index contributed by atoms with van der Waals surface area (Å²) < 4.78 is 18.4. The fourth-order valence-corrected chi connectivity index (χ4v) is 5.54. The molecule has 0 spiro atoms. The van der Waals surface area contributed by atoms with Crippen molar-refractivity contribution < 1.29 is 19.0 Å². The number of amides is 1. The van der Waals surface area contributed by atoms with Gasteiger partial charge in [0.25, 0.3) is 0 Å². The Hall–Kier alpha value is -2.26. The van der Waals surface area contributed by atoms with Gasteiger partial charge in [-0.3, -0.25) is 0 Å². The molecule has 1 aliphatic carbocycles. The summed E-state index contributed by atoms with van der Waals surface area (Å²) >= 11 is 0. The van der Waals surface area contributed by atoms with Crippen molar-refractivity contribution in [1.82, 2.24) is 4.90 Å². The van der Waals surface area contributed by atoms with E-state index in [0.29, 0.717) is 6.42 Å². The number of ether oxygens (including phenoxy) is 3. The van der Waals surface area contributed by atoms with E-state index >= 15 is 0 Å². The molecule has 3 fully saturated rings. The highest BCUT2D eigenvalue weighted by Gasteiger charge is 2.45. The van der Waals surface area contributed by atoms with E-state index in [4.69, 9.17) is 19.5 Å². The van der Waals surface area contributed by atoms with Gasteiger partial charge in [-0.05, 0) is 96.3 Å². The molecule has 1 aromatic rings. The molecular formula is C27H38N2O4. The van der Waals surface area contributed by atoms with Gasteiger partial charge in [0, 0.05) is 18.5 Å². The van der Waals surface area contributed by atoms with Gasteiger partial charge in [0.1, 0.15) is 11.4 Å². The maximum absolute atomic E-state index is 12.7. The van der Waals surface area contributed by atoms with E-state index in [2.05, 4.69) is 18.2 Å². The minimum absolute atomic E-state index is 0.163. The zero-order valence-corrected chi connectivity index (χ0v) is 20.3. The predicted octanol–water partition coefficient (Wildman–Crippen LogP) is 5.78. The third-order valence-electron chi connectivity index (χ3n) is 7.05. The maximum Gasteiger partial charge on any atom is 0.410 e. The largest absolute Gasteiger partial charge is 0.490 e. The van der Waals surface area contributed by atoms with Gasteiger partial charge in [-0.1, -0.05) is 12.1 Å². The van der Waals surface area contributed by atoms with E-state index in [1.807, 2.05) is 37.8 Å². The Balaban J connectivity index is 1.20. The lowest BCUT2D eigenvalue weighted by Gasteiger charge is -2.41. The summed E-state index contributed by atoms with van der Waals surface area (Å²) in [7, 11) is 0. The summed E-state index contributed by atoms with van der Waals surface area (Å²) in [6, 6.07) is 10.8. The highest BCUT2D eigenvalue weighted by molar-refractivity contribution is 5.69. The van der Waals surface area contributed by atoms with E-state index in [-0.39, 0.29) is 36.5 Å². The van der Waals surface area contributed by atoms with Crippen LogP contribution in [-0.4, -0.2) is 47.0 Å². The number of carbonyl (C=O) groups is 1. The monoisotopic (exact) mass is 454 g/mol. The molecule has 4 rings (SSSR count). The number of fused-ring (bicyclic) bond motifs is 2. The van der Waals surface area contributed by atoms with E-state index in [9.17, 15) is 4.79 Å². The van der Waals surface area contributed by atoms with Crippen LogP contribution in [0.1, 0.15) is 84.1 Å². The smallest absolute Gasteiger partial charge is 0.410 e. The molecule has 6 heteroatoms. The van der Waals surface area contributed by atoms with Crippen LogP contribution in [0.3, 0.4) is 0 Å². The van der Waals surface area contributed by atoms with Crippen LogP contribution in [0.4, 0.5) is 4.79 Å². The van der Waals surface area contributed by atoms with Crippen LogP contribution in [0.15, 0.2) is 24.3 Å². The van der Waals surface area contributed by atoms with E-state index in [1.165, 1.54) is 5.56 Å². The van der Waals surface area contributed by atoms with Gasteiger partial charge in [-0.25, -0.2) is 4.79 Å². The van der Waals surface area contributed by atoms with Crippen molar-refractivity contribution in [3.05, 3.63) is 29.8 Å². The number of piperidine rings is 1. The lowest BCUT2D eigenvalue weighted by molar-refractivity contribution is -0.0812. The Morgan fingerprint density at radius 1 is 0.970 bits per heavy atom. The first kappa shape index (κ1) is 23.9. The van der Waals surface area contributed by atoms with Crippen molar-refractivity contribution in [2.75, 3.05) is 0 Å². The van der Waals surface area contributed by atoms with E-state index in [1.54, 1.807) is 0 Å². The SMILES string of the molecule is CC(C)(C)OC(=O)N1C2CCC1CC(OC1CCC(Oc3ccc(CCC#N)cc3)CC1)C2. The second-order valence-corrected chi connectivity index (χ2v) is 10.8. The fourth-order valence-electron chi connectivity index (χ4n) is 5.54. The average Bonchev–Trinajstić information content (AvgIpc) is 3.04. The Bertz CT molecular complexity index is 819. The Labute approximate surface area is 198 Å². The standard InChI is InChI=1S/C27H38N2O4/c1-27(2,3)33-26(30)29-20-8-9-21(29)18-25(17-20)32-24-14-12-23(13-15-24)31-22-10-6-19(7-11-22)5-4-16-28/h6-7,10-11,20-21,23-25H,4-5,8-9,12-15,17-18H2,1-3H3. The number of hydrogen-bond acceptors (Lipinski definition) is 5. The first-order valence-corrected chi connectivity index (χ1v) is 12.6. The fraction of sp³-hybridized carbons (Fsp3) is 0.704. The molecule has 2 saturated heterocycles. The second-order valence-electron chi connectivity index (χ2n) is 10.8. The van der Waals surface area contributed by atoms with Gasteiger partial charge < -0.3 is 19.1 Å². The number of benzene rings is 1. The third kappa shape index (κ3) is 6.41. The van der Waals surface area contributed by atoms with Crippen molar-refractivity contribution in [3.63, 3.8) is 0 Å². The van der Waals surface area contributed by atoms with Crippen LogP contribution in [-0.2, 0) is 15.9 Å². The second kappa shape index (κ2) is 10.3. The molecule has 3 aliphatic rings. The molecule has 180 valence electrons. The lowest BCUT2D eigenvalue weighted by Crippen LogP contribution is -2.50. The third-order valence-corrected chi connectivity index (χ3v) is 7.05. The molecule has 1 saturated carbocycles. The summed E-state index contributed by atoms with van der Waals surface area (Å²) in [6.45, 7) is 5.78. The quantitative estimate of drug-likeness (QED) is 0.545. The molecule has 1 aromatic carbocycles. The zero-order chi connectivity index (χ0) is 23.4. The van der Waals surface area contributed by atoms with Crippen molar-refractivity contribution >= 4 is 6.09 Å². The normalized spacial score (nSPS) is 29.4. The van der Waals surface area contributed by atoms with Crippen LogP contribution in [0, 0.1) is 11.3 Å². The van der Waals surface area contributed by atoms with Crippen LogP contribution in [0.2, 0.25) is 0 Å². The summed E-state index contributed by atoms with van der Waals surface area (Å²) in [5, 5.41) is 8.72. The van der Waals surface area contributed by atoms with Gasteiger partial charge in [0.2, 0.25) is 0 Å². The molecule has 0 radical (unpaired) electrons. The van der Waals surface area contributed by atoms with Crippen molar-refractivity contribution in [2.45, 2.75) is 121 Å².